The Morgan fingerprint density at radius 2 is 1.73 bits per heavy atom. The fourth-order valence-corrected chi connectivity index (χ4v) is 5.07. The van der Waals surface area contributed by atoms with Crippen molar-refractivity contribution in [1.82, 2.24) is 15.3 Å². The van der Waals surface area contributed by atoms with E-state index < -0.39 is 0 Å². The molecule has 1 saturated heterocycles. The predicted octanol–water partition coefficient (Wildman–Crippen LogP) is 5.52. The Hall–Kier alpha value is -4.12. The lowest BCUT2D eigenvalue weighted by Gasteiger charge is -2.32. The van der Waals surface area contributed by atoms with E-state index in [9.17, 15) is 0 Å². The first-order valence-electron chi connectivity index (χ1n) is 13.7. The van der Waals surface area contributed by atoms with Crippen molar-refractivity contribution in [2.75, 3.05) is 33.9 Å². The van der Waals surface area contributed by atoms with Gasteiger partial charge in [0, 0.05) is 53.2 Å². The minimum absolute atomic E-state index is 0.0329. The van der Waals surface area contributed by atoms with Crippen LogP contribution in [0.5, 0.6) is 17.5 Å². The minimum atomic E-state index is -0.0329. The highest BCUT2D eigenvalue weighted by atomic mass is 16.5. The third-order valence-electron chi connectivity index (χ3n) is 7.10. The highest BCUT2D eigenvalue weighted by Gasteiger charge is 2.28. The molecule has 7 nitrogen and oxygen atoms in total. The summed E-state index contributed by atoms with van der Waals surface area (Å²) in [6.45, 7) is 2.60. The van der Waals surface area contributed by atoms with Crippen LogP contribution in [0.1, 0.15) is 41.9 Å². The second-order valence-corrected chi connectivity index (χ2v) is 9.68. The Morgan fingerprint density at radius 3 is 2.50 bits per heavy atom. The van der Waals surface area contributed by atoms with Crippen molar-refractivity contribution in [3.05, 3.63) is 89.7 Å². The molecule has 0 radical (unpaired) electrons. The monoisotopic (exact) mass is 537 g/mol. The molecule has 1 fully saturated rings. The number of benzene rings is 3. The van der Waals surface area contributed by atoms with E-state index in [-0.39, 0.29) is 12.0 Å². The van der Waals surface area contributed by atoms with Crippen molar-refractivity contribution in [3.63, 3.8) is 0 Å². The molecule has 2 heterocycles. The fourth-order valence-electron chi connectivity index (χ4n) is 5.07. The Bertz CT molecular complexity index is 1450. The molecule has 40 heavy (non-hydrogen) atoms. The molecular formula is C33H35N3O4. The van der Waals surface area contributed by atoms with Crippen LogP contribution >= 0.6 is 0 Å². The molecule has 0 saturated carbocycles. The molecule has 2 unspecified atom stereocenters. The molecule has 3 aromatic carbocycles. The Balaban J connectivity index is 1.18. The Labute approximate surface area is 235 Å². The first kappa shape index (κ1) is 27.4. The third-order valence-corrected chi connectivity index (χ3v) is 7.10. The van der Waals surface area contributed by atoms with Gasteiger partial charge in [0.05, 0.1) is 33.5 Å². The van der Waals surface area contributed by atoms with Crippen LogP contribution in [0.25, 0.3) is 10.8 Å². The van der Waals surface area contributed by atoms with Gasteiger partial charge in [0.25, 0.3) is 0 Å². The first-order chi connectivity index (χ1) is 19.8. The van der Waals surface area contributed by atoms with Crippen LogP contribution < -0.4 is 19.5 Å². The van der Waals surface area contributed by atoms with Crippen molar-refractivity contribution in [2.24, 2.45) is 0 Å². The van der Waals surface area contributed by atoms with Crippen LogP contribution in [0.15, 0.2) is 73.1 Å². The van der Waals surface area contributed by atoms with Gasteiger partial charge in [-0.15, -0.1) is 0 Å². The quantitative estimate of drug-likeness (QED) is 0.211. The summed E-state index contributed by atoms with van der Waals surface area (Å²) >= 11 is 0. The molecule has 206 valence electrons. The summed E-state index contributed by atoms with van der Waals surface area (Å²) in [7, 11) is 3.38. The number of hydrogen-bond donors (Lipinski definition) is 1. The van der Waals surface area contributed by atoms with Gasteiger partial charge >= 0.3 is 6.01 Å². The van der Waals surface area contributed by atoms with Crippen molar-refractivity contribution in [2.45, 2.75) is 37.9 Å². The van der Waals surface area contributed by atoms with Crippen molar-refractivity contribution in [3.8, 4) is 29.4 Å². The number of piperidine rings is 1. The van der Waals surface area contributed by atoms with Gasteiger partial charge < -0.3 is 24.3 Å². The lowest BCUT2D eigenvalue weighted by molar-refractivity contribution is 0.00965. The predicted molar refractivity (Wildman–Crippen MR) is 156 cm³/mol. The summed E-state index contributed by atoms with van der Waals surface area (Å²) in [5.41, 5.74) is 3.03. The molecule has 5 rings (SSSR count). The molecule has 0 amide bonds. The van der Waals surface area contributed by atoms with Gasteiger partial charge in [0.1, 0.15) is 11.5 Å². The van der Waals surface area contributed by atoms with Gasteiger partial charge in [-0.2, -0.15) is 0 Å². The SMILES string of the molecule is COc1cc(COC2CNCCC2c2cnc(OCCCC#Cc3ccccc3)nc2)c(OC)c2ccccc12. The number of nitrogens with zero attached hydrogens (tertiary/aromatic N) is 2. The van der Waals surface area contributed by atoms with E-state index in [2.05, 4.69) is 27.1 Å². The molecule has 1 N–H and O–H groups in total. The highest BCUT2D eigenvalue weighted by Crippen LogP contribution is 2.38. The average molecular weight is 538 g/mol. The lowest BCUT2D eigenvalue weighted by Crippen LogP contribution is -2.41. The van der Waals surface area contributed by atoms with Crippen LogP contribution in [0, 0.1) is 11.8 Å². The van der Waals surface area contributed by atoms with E-state index in [0.29, 0.717) is 19.2 Å². The first-order valence-corrected chi connectivity index (χ1v) is 13.7. The van der Waals surface area contributed by atoms with E-state index >= 15 is 0 Å². The molecule has 0 bridgehead atoms. The maximum absolute atomic E-state index is 6.49. The third kappa shape index (κ3) is 6.71. The molecule has 0 aliphatic carbocycles. The normalized spacial score (nSPS) is 16.6. The van der Waals surface area contributed by atoms with E-state index in [1.165, 1.54) is 0 Å². The number of nitrogens with one attached hydrogen (secondary N) is 1. The number of fused-ring (bicyclic) bond motifs is 1. The largest absolute Gasteiger partial charge is 0.496 e. The van der Waals surface area contributed by atoms with Crippen LogP contribution in [0.4, 0.5) is 0 Å². The summed E-state index contributed by atoms with van der Waals surface area (Å²) in [4.78, 5) is 8.95. The van der Waals surface area contributed by atoms with E-state index in [1.54, 1.807) is 14.2 Å². The minimum Gasteiger partial charge on any atom is -0.496 e. The zero-order valence-electron chi connectivity index (χ0n) is 23.1. The van der Waals surface area contributed by atoms with E-state index in [1.807, 2.05) is 73.1 Å². The highest BCUT2D eigenvalue weighted by molar-refractivity contribution is 5.94. The van der Waals surface area contributed by atoms with Gasteiger partial charge in [0.15, 0.2) is 0 Å². The van der Waals surface area contributed by atoms with Crippen molar-refractivity contribution < 1.29 is 18.9 Å². The van der Waals surface area contributed by atoms with Crippen LogP contribution in [0.3, 0.4) is 0 Å². The molecular weight excluding hydrogens is 502 g/mol. The standard InChI is InChI=1S/C33H35N3O4/c1-37-30-19-25(32(38-2)29-15-9-8-14-28(29)30)23-40-31-22-34-17-16-27(31)26-20-35-33(36-21-26)39-18-10-4-7-13-24-11-5-3-6-12-24/h3,5-6,8-9,11-12,14-15,19-21,27,31,34H,4,10,16-18,22-23H2,1-2H3. The molecule has 4 aromatic rings. The van der Waals surface area contributed by atoms with Crippen LogP contribution in [0.2, 0.25) is 0 Å². The maximum atomic E-state index is 6.49. The number of hydrogen-bond acceptors (Lipinski definition) is 7. The zero-order chi connectivity index (χ0) is 27.6. The number of aromatic nitrogens is 2. The molecule has 0 spiro atoms. The Kier molecular flexibility index (Phi) is 9.46. The molecule has 1 aromatic heterocycles. The van der Waals surface area contributed by atoms with Crippen molar-refractivity contribution in [1.29, 1.82) is 0 Å². The number of unbranched alkanes of at least 4 members (excludes halogenated alkanes) is 1. The van der Waals surface area contributed by atoms with Gasteiger partial charge in [-0.25, -0.2) is 9.97 Å². The fraction of sp³-hybridized carbons (Fsp3) is 0.333. The lowest BCUT2D eigenvalue weighted by atomic mass is 9.89. The average Bonchev–Trinajstić information content (AvgIpc) is 3.02. The van der Waals surface area contributed by atoms with Gasteiger partial charge in [-0.1, -0.05) is 54.3 Å². The van der Waals surface area contributed by atoms with Gasteiger partial charge in [0.2, 0.25) is 0 Å². The second-order valence-electron chi connectivity index (χ2n) is 9.68. The molecule has 1 aliphatic rings. The number of methoxy groups -OCH3 is 2. The molecule has 7 heteroatoms. The summed E-state index contributed by atoms with van der Waals surface area (Å²) in [6.07, 6.45) is 6.21. The summed E-state index contributed by atoms with van der Waals surface area (Å²) in [5, 5.41) is 5.48. The zero-order valence-corrected chi connectivity index (χ0v) is 23.1. The van der Waals surface area contributed by atoms with Crippen molar-refractivity contribution >= 4 is 10.8 Å². The summed E-state index contributed by atoms with van der Waals surface area (Å²) in [6, 6.07) is 20.5. The Morgan fingerprint density at radius 1 is 0.950 bits per heavy atom. The van der Waals surface area contributed by atoms with Gasteiger partial charge in [-0.3, -0.25) is 0 Å². The van der Waals surface area contributed by atoms with E-state index in [0.717, 1.165) is 71.3 Å². The topological polar surface area (TPSA) is 74.7 Å². The summed E-state index contributed by atoms with van der Waals surface area (Å²) < 4.78 is 23.7. The summed E-state index contributed by atoms with van der Waals surface area (Å²) in [5.74, 6) is 8.15. The van der Waals surface area contributed by atoms with Crippen LogP contribution in [-0.2, 0) is 11.3 Å². The maximum Gasteiger partial charge on any atom is 0.316 e. The van der Waals surface area contributed by atoms with Gasteiger partial charge in [-0.05, 0) is 43.1 Å². The second kappa shape index (κ2) is 13.8. The number of rotatable bonds is 10. The van der Waals surface area contributed by atoms with E-state index in [4.69, 9.17) is 18.9 Å². The number of ether oxygens (including phenoxy) is 4. The van der Waals surface area contributed by atoms with Crippen LogP contribution in [-0.4, -0.2) is 50.0 Å². The molecule has 1 aliphatic heterocycles. The molecule has 2 atom stereocenters. The smallest absolute Gasteiger partial charge is 0.316 e.